The van der Waals surface area contributed by atoms with Gasteiger partial charge in [-0.2, -0.15) is 0 Å². The van der Waals surface area contributed by atoms with Gasteiger partial charge in [-0.05, 0) is 241 Å². The number of amides is 3. The minimum atomic E-state index is -0.352. The summed E-state index contributed by atoms with van der Waals surface area (Å²) in [6, 6.07) is 41.5. The summed E-state index contributed by atoms with van der Waals surface area (Å²) in [6.07, 6.45) is 18.8. The van der Waals surface area contributed by atoms with Crippen molar-refractivity contribution in [2.75, 3.05) is 153 Å². The highest BCUT2D eigenvalue weighted by atomic mass is 35.5. The first-order valence-corrected chi connectivity index (χ1v) is 43.4. The Kier molecular flexibility index (Phi) is 36.4. The van der Waals surface area contributed by atoms with Gasteiger partial charge in [-0.25, -0.2) is 14.4 Å². The Morgan fingerprint density at radius 2 is 0.718 bits per heavy atom. The van der Waals surface area contributed by atoms with E-state index in [4.69, 9.17) is 82.2 Å². The third-order valence-electron chi connectivity index (χ3n) is 22.0. The molecule has 4 aliphatic rings. The van der Waals surface area contributed by atoms with Gasteiger partial charge in [-0.1, -0.05) is 124 Å². The van der Waals surface area contributed by atoms with Crippen LogP contribution in [0.5, 0.6) is 17.2 Å². The number of carbonyl (C=O) groups excluding carboxylic acids is 3. The zero-order valence-corrected chi connectivity index (χ0v) is 71.6. The number of rotatable bonds is 41. The van der Waals surface area contributed by atoms with E-state index in [1.165, 1.54) is 94.1 Å². The van der Waals surface area contributed by atoms with Crippen molar-refractivity contribution in [2.24, 2.45) is 0 Å². The van der Waals surface area contributed by atoms with Gasteiger partial charge in [0.1, 0.15) is 55.2 Å². The van der Waals surface area contributed by atoms with Crippen molar-refractivity contribution in [3.8, 4) is 17.2 Å². The molecule has 0 aliphatic carbocycles. The standard InChI is InChI=1S/C31H42ClN3O5.C31H40ClN3O4.C30H40ClN3O4/c1-37-18-7-16-33-15-5-3-4-6-19-39-25-11-8-23(9-12-25)30-29-26(27-22-24(32)10-13-28(27)34-29)14-17-35(30)31(36)40-21-20-38-2;1-37-20-21-39-31(36)35-18-14-26-27-22-24(32)10-13-28(27)33-29(26)30(35)23-8-11-25(12-9-23)38-19-7-3-2-4-15-34-16-5-6-17-34;1-21(2)32-15-6-4-5-7-17-37-24-11-8-22(9-12-24)29-28-25(26-20-23(31)10-13-27(26)33-28)14-16-34(29)30(35)38-19-18-36-3/h8-13,22,30,33-34H,3-7,14-21H2,1-2H3;8-13,22,30,33H,2-7,14-21H2,1H3;8-13,20-21,29,32-33H,4-7,14-19H2,1-3H3. The van der Waals surface area contributed by atoms with Gasteiger partial charge in [0.15, 0.2) is 0 Å². The van der Waals surface area contributed by atoms with Crippen molar-refractivity contribution in [1.82, 2.24) is 45.2 Å². The van der Waals surface area contributed by atoms with Crippen LogP contribution in [0, 0.1) is 0 Å². The number of hydrogen-bond donors (Lipinski definition) is 5. The maximum Gasteiger partial charge on any atom is 0.410 e. The summed E-state index contributed by atoms with van der Waals surface area (Å²) in [4.78, 5) is 58.0. The van der Waals surface area contributed by atoms with Gasteiger partial charge in [0, 0.05) is 126 Å². The molecule has 22 nitrogen and oxygen atoms in total. The summed E-state index contributed by atoms with van der Waals surface area (Å²) < 4.78 is 54.9. The number of fused-ring (bicyclic) bond motifs is 9. The second-order valence-corrected chi connectivity index (χ2v) is 32.0. The molecule has 0 saturated carbocycles. The summed E-state index contributed by atoms with van der Waals surface area (Å²) in [7, 11) is 6.52. The number of aromatic amines is 3. The number of H-pyrrole nitrogens is 3. The molecule has 0 radical (unpaired) electrons. The normalized spacial score (nSPS) is 15.8. The van der Waals surface area contributed by atoms with E-state index in [0.29, 0.717) is 73.8 Å². The van der Waals surface area contributed by atoms with Crippen LogP contribution in [0.2, 0.25) is 15.1 Å². The molecule has 3 aromatic heterocycles. The minimum Gasteiger partial charge on any atom is -0.494 e. The fourth-order valence-electron chi connectivity index (χ4n) is 16.0. The summed E-state index contributed by atoms with van der Waals surface area (Å²) >= 11 is 18.9. The van der Waals surface area contributed by atoms with Crippen LogP contribution >= 0.6 is 34.8 Å². The molecule has 3 amide bonds. The molecule has 13 rings (SSSR count). The molecule has 9 aromatic rings. The second kappa shape index (κ2) is 47.5. The first-order valence-electron chi connectivity index (χ1n) is 42.2. The van der Waals surface area contributed by atoms with E-state index in [-0.39, 0.29) is 56.2 Å². The van der Waals surface area contributed by atoms with E-state index in [9.17, 15) is 14.4 Å². The lowest BCUT2D eigenvalue weighted by molar-refractivity contribution is 0.0626. The van der Waals surface area contributed by atoms with Crippen LogP contribution < -0.4 is 24.8 Å². The third-order valence-corrected chi connectivity index (χ3v) is 22.7. The number of halogens is 3. The summed E-state index contributed by atoms with van der Waals surface area (Å²) in [5.74, 6) is 2.52. The maximum absolute atomic E-state index is 13.1. The average molecular weight is 1670 g/mol. The van der Waals surface area contributed by atoms with E-state index in [0.717, 1.165) is 174 Å². The topological polar surface area (TPSA) is 228 Å². The minimum absolute atomic E-state index is 0.214. The maximum atomic E-state index is 13.1. The lowest BCUT2D eigenvalue weighted by Gasteiger charge is -2.35. The number of carbonyl (C=O) groups is 3. The van der Waals surface area contributed by atoms with Crippen molar-refractivity contribution in [3.63, 3.8) is 0 Å². The summed E-state index contributed by atoms with van der Waals surface area (Å²) in [5.41, 5.74) is 12.6. The van der Waals surface area contributed by atoms with Crippen molar-refractivity contribution < 1.29 is 61.8 Å². The fourth-order valence-corrected chi connectivity index (χ4v) is 16.6. The van der Waals surface area contributed by atoms with Crippen molar-refractivity contribution in [2.45, 2.75) is 154 Å². The Morgan fingerprint density at radius 1 is 0.385 bits per heavy atom. The molecule has 7 heterocycles. The van der Waals surface area contributed by atoms with Crippen molar-refractivity contribution in [3.05, 3.63) is 193 Å². The third kappa shape index (κ3) is 25.9. The van der Waals surface area contributed by atoms with E-state index in [2.05, 4.69) is 56.5 Å². The Morgan fingerprint density at radius 3 is 1.07 bits per heavy atom. The second-order valence-electron chi connectivity index (χ2n) is 30.7. The predicted molar refractivity (Wildman–Crippen MR) is 466 cm³/mol. The zero-order valence-electron chi connectivity index (χ0n) is 69.3. The highest BCUT2D eigenvalue weighted by molar-refractivity contribution is 6.32. The number of methoxy groups -OCH3 is 4. The molecule has 1 saturated heterocycles. The molecule has 6 aromatic carbocycles. The number of ether oxygens (including phenoxy) is 10. The van der Waals surface area contributed by atoms with E-state index < -0.39 is 0 Å². The quantitative estimate of drug-likeness (QED) is 0.0177. The van der Waals surface area contributed by atoms with Gasteiger partial charge in [0.05, 0.1) is 39.6 Å². The smallest absolute Gasteiger partial charge is 0.410 e. The van der Waals surface area contributed by atoms with Crippen LogP contribution in [0.4, 0.5) is 14.4 Å². The van der Waals surface area contributed by atoms with Gasteiger partial charge in [-0.15, -0.1) is 0 Å². The van der Waals surface area contributed by atoms with Crippen LogP contribution in [-0.4, -0.2) is 212 Å². The molecule has 0 bridgehead atoms. The van der Waals surface area contributed by atoms with Gasteiger partial charge < -0.3 is 77.9 Å². The molecular formula is C92H122Cl3N9O13. The Labute approximate surface area is 705 Å². The Bertz CT molecular complexity index is 4500. The van der Waals surface area contributed by atoms with E-state index >= 15 is 0 Å². The largest absolute Gasteiger partial charge is 0.494 e. The van der Waals surface area contributed by atoms with E-state index in [1.807, 2.05) is 115 Å². The number of aromatic nitrogens is 3. The Hall–Kier alpha value is -8.26. The molecule has 4 aliphatic heterocycles. The first kappa shape index (κ1) is 89.5. The molecule has 3 atom stereocenters. The summed E-state index contributed by atoms with van der Waals surface area (Å²) in [5, 5.41) is 12.3. The highest BCUT2D eigenvalue weighted by Crippen LogP contribution is 2.44. The van der Waals surface area contributed by atoms with Crippen molar-refractivity contribution in [1.29, 1.82) is 0 Å². The number of nitrogens with zero attached hydrogens (tertiary/aromatic N) is 4. The SMILES string of the molecule is COCCCNCCCCCCOc1ccc(C2c3[nH]c4ccc(Cl)cc4c3CCN2C(=O)OCCOC)cc1.COCCOC(=O)N1CCc2c([nH]c3ccc(Cl)cc23)C1c1ccc(OCCCCCCN2CCCC2)cc1.COCCOC(=O)N1CCc2c([nH]c3ccc(Cl)cc23)C1c1ccc(OCCCCCCNC(C)C)cc1. The van der Waals surface area contributed by atoms with Gasteiger partial charge >= 0.3 is 18.3 Å². The van der Waals surface area contributed by atoms with Crippen LogP contribution in [0.1, 0.15) is 179 Å². The van der Waals surface area contributed by atoms with Crippen LogP contribution in [0.3, 0.4) is 0 Å². The zero-order chi connectivity index (χ0) is 82.1. The number of benzene rings is 6. The van der Waals surface area contributed by atoms with Crippen LogP contribution in [0.15, 0.2) is 127 Å². The highest BCUT2D eigenvalue weighted by Gasteiger charge is 2.39. The molecule has 117 heavy (non-hydrogen) atoms. The van der Waals surface area contributed by atoms with Gasteiger partial charge in [0.25, 0.3) is 0 Å². The van der Waals surface area contributed by atoms with Crippen LogP contribution in [-0.2, 0) is 52.4 Å². The first-order chi connectivity index (χ1) is 57.2. The van der Waals surface area contributed by atoms with E-state index in [1.54, 1.807) is 43.1 Å². The van der Waals surface area contributed by atoms with Crippen molar-refractivity contribution >= 4 is 85.8 Å². The molecule has 5 N–H and O–H groups in total. The molecule has 0 spiro atoms. The fraction of sp³-hybridized carbons (Fsp3) is 0.511. The average Bonchev–Trinajstić information content (AvgIpc) is 1.63. The monoisotopic (exact) mass is 1670 g/mol. The van der Waals surface area contributed by atoms with Gasteiger partial charge in [0.2, 0.25) is 0 Å². The molecule has 25 heteroatoms. The van der Waals surface area contributed by atoms with Crippen LogP contribution in [0.25, 0.3) is 32.7 Å². The van der Waals surface area contributed by atoms with Gasteiger partial charge in [-0.3, -0.25) is 14.7 Å². The number of nitrogens with one attached hydrogen (secondary N) is 5. The molecule has 634 valence electrons. The summed E-state index contributed by atoms with van der Waals surface area (Å²) in [6.45, 7) is 17.6. The predicted octanol–water partition coefficient (Wildman–Crippen LogP) is 19.2. The number of likely N-dealkylation sites (tertiary alicyclic amines) is 1. The molecule has 1 fully saturated rings. The number of hydrogen-bond acceptors (Lipinski definition) is 16. The lowest BCUT2D eigenvalue weighted by atomic mass is 9.92. The Balaban J connectivity index is 0.000000172. The molecular weight excluding hydrogens is 1550 g/mol. The molecule has 3 unspecified atom stereocenters. The lowest BCUT2D eigenvalue weighted by Crippen LogP contribution is -2.41. The number of unbranched alkanes of at least 4 members (excludes halogenated alkanes) is 9.